The molecule has 1 heterocycles. The molecular formula is C6H5BrF3NO. The second-order valence-corrected chi connectivity index (χ2v) is 2.94. The largest absolute Gasteiger partial charge is 0.452 e. The summed E-state index contributed by atoms with van der Waals surface area (Å²) in [4.78, 5) is 0. The minimum absolute atomic E-state index is 0.234. The normalized spacial score (nSPS) is 14.8. The van der Waals surface area contributed by atoms with Crippen LogP contribution in [-0.2, 0) is 0 Å². The zero-order valence-corrected chi connectivity index (χ0v) is 7.32. The molecule has 0 radical (unpaired) electrons. The predicted octanol–water partition coefficient (Wildman–Crippen LogP) is 2.60. The van der Waals surface area contributed by atoms with Crippen LogP contribution < -0.4 is 5.73 Å². The lowest BCUT2D eigenvalue weighted by Gasteiger charge is -2.12. The first-order chi connectivity index (χ1) is 5.41. The Labute approximate surface area is 74.7 Å². The van der Waals surface area contributed by atoms with Crippen LogP contribution in [0.25, 0.3) is 0 Å². The Balaban J connectivity index is 2.85. The van der Waals surface area contributed by atoms with E-state index in [0.717, 1.165) is 0 Å². The molecule has 68 valence electrons. The molecule has 0 aromatic carbocycles. The number of hydrogen-bond acceptors (Lipinski definition) is 2. The summed E-state index contributed by atoms with van der Waals surface area (Å²) in [5.41, 5.74) is 4.85. The first-order valence-corrected chi connectivity index (χ1v) is 3.78. The van der Waals surface area contributed by atoms with Crippen LogP contribution in [0, 0.1) is 0 Å². The molecule has 0 spiro atoms. The molecule has 0 aliphatic rings. The average molecular weight is 244 g/mol. The highest BCUT2D eigenvalue weighted by Crippen LogP contribution is 2.32. The Bertz CT molecular complexity index is 270. The van der Waals surface area contributed by atoms with E-state index in [2.05, 4.69) is 20.3 Å². The number of furan rings is 1. The van der Waals surface area contributed by atoms with Crippen molar-refractivity contribution in [2.45, 2.75) is 12.2 Å². The van der Waals surface area contributed by atoms with Gasteiger partial charge in [0.1, 0.15) is 5.76 Å². The Kier molecular flexibility index (Phi) is 2.48. The van der Waals surface area contributed by atoms with Gasteiger partial charge in [0.25, 0.3) is 0 Å². The van der Waals surface area contributed by atoms with Gasteiger partial charge in [0.2, 0.25) is 0 Å². The Morgan fingerprint density at radius 3 is 2.33 bits per heavy atom. The smallest absolute Gasteiger partial charge is 0.410 e. The third kappa shape index (κ3) is 2.01. The van der Waals surface area contributed by atoms with Gasteiger partial charge < -0.3 is 10.2 Å². The first kappa shape index (κ1) is 9.60. The van der Waals surface area contributed by atoms with Crippen LogP contribution >= 0.6 is 15.9 Å². The van der Waals surface area contributed by atoms with Crippen molar-refractivity contribution >= 4 is 15.9 Å². The molecule has 1 rings (SSSR count). The summed E-state index contributed by atoms with van der Waals surface area (Å²) >= 11 is 2.88. The number of alkyl halides is 3. The van der Waals surface area contributed by atoms with Crippen LogP contribution in [0.2, 0.25) is 0 Å². The van der Waals surface area contributed by atoms with Crippen LogP contribution in [0.15, 0.2) is 21.2 Å². The van der Waals surface area contributed by atoms with Crippen LogP contribution in [0.1, 0.15) is 11.8 Å². The zero-order valence-electron chi connectivity index (χ0n) is 5.73. The van der Waals surface area contributed by atoms with Crippen molar-refractivity contribution in [2.75, 3.05) is 0 Å². The SMILES string of the molecule is N[C@H](c1ccc(Br)o1)C(F)(F)F. The number of hydrogen-bond donors (Lipinski definition) is 1. The molecule has 0 unspecified atom stereocenters. The quantitative estimate of drug-likeness (QED) is 0.824. The van der Waals surface area contributed by atoms with E-state index in [1.165, 1.54) is 12.1 Å². The van der Waals surface area contributed by atoms with E-state index < -0.39 is 12.2 Å². The Morgan fingerprint density at radius 1 is 1.42 bits per heavy atom. The fourth-order valence-electron chi connectivity index (χ4n) is 0.657. The minimum atomic E-state index is -4.46. The van der Waals surface area contributed by atoms with Crippen molar-refractivity contribution in [2.24, 2.45) is 5.73 Å². The van der Waals surface area contributed by atoms with E-state index in [-0.39, 0.29) is 10.4 Å². The third-order valence-corrected chi connectivity index (χ3v) is 1.68. The van der Waals surface area contributed by atoms with E-state index >= 15 is 0 Å². The summed E-state index contributed by atoms with van der Waals surface area (Å²) < 4.78 is 40.7. The van der Waals surface area contributed by atoms with E-state index in [0.29, 0.717) is 0 Å². The molecule has 1 aromatic heterocycles. The lowest BCUT2D eigenvalue weighted by molar-refractivity contribution is -0.152. The highest BCUT2D eigenvalue weighted by Gasteiger charge is 2.39. The lowest BCUT2D eigenvalue weighted by atomic mass is 10.2. The second-order valence-electron chi connectivity index (χ2n) is 2.16. The molecule has 0 amide bonds. The fraction of sp³-hybridized carbons (Fsp3) is 0.333. The standard InChI is InChI=1S/C6H5BrF3NO/c7-4-2-1-3(12-4)5(11)6(8,9)10/h1-2,5H,11H2/t5-/m1/s1. The summed E-state index contributed by atoms with van der Waals surface area (Å²) in [6.07, 6.45) is -4.46. The van der Waals surface area contributed by atoms with Crippen molar-refractivity contribution in [3.8, 4) is 0 Å². The summed E-state index contributed by atoms with van der Waals surface area (Å²) in [5, 5.41) is 0. The number of nitrogens with two attached hydrogens (primary N) is 1. The summed E-state index contributed by atoms with van der Waals surface area (Å²) in [6, 6.07) is 0.493. The molecular weight excluding hydrogens is 239 g/mol. The summed E-state index contributed by atoms with van der Waals surface area (Å²) in [7, 11) is 0. The monoisotopic (exact) mass is 243 g/mol. The molecule has 0 saturated carbocycles. The van der Waals surface area contributed by atoms with E-state index in [9.17, 15) is 13.2 Å². The molecule has 0 aliphatic heterocycles. The molecule has 12 heavy (non-hydrogen) atoms. The van der Waals surface area contributed by atoms with Crippen LogP contribution in [0.3, 0.4) is 0 Å². The first-order valence-electron chi connectivity index (χ1n) is 2.99. The molecule has 0 aliphatic carbocycles. The van der Waals surface area contributed by atoms with E-state index in [1.54, 1.807) is 0 Å². The number of rotatable bonds is 1. The molecule has 0 fully saturated rings. The molecule has 2 N–H and O–H groups in total. The highest BCUT2D eigenvalue weighted by atomic mass is 79.9. The minimum Gasteiger partial charge on any atom is -0.452 e. The van der Waals surface area contributed by atoms with Gasteiger partial charge in [-0.05, 0) is 28.1 Å². The third-order valence-electron chi connectivity index (χ3n) is 1.25. The Hall–Kier alpha value is -0.490. The fourth-order valence-corrected chi connectivity index (χ4v) is 0.976. The van der Waals surface area contributed by atoms with E-state index in [4.69, 9.17) is 5.73 Å². The average Bonchev–Trinajstić information content (AvgIpc) is 2.32. The van der Waals surface area contributed by atoms with Crippen molar-refractivity contribution in [3.63, 3.8) is 0 Å². The maximum Gasteiger partial charge on any atom is 0.410 e. The van der Waals surface area contributed by atoms with Gasteiger partial charge in [0.05, 0.1) is 0 Å². The maximum absolute atomic E-state index is 11.9. The second kappa shape index (κ2) is 3.10. The van der Waals surface area contributed by atoms with Gasteiger partial charge in [-0.25, -0.2) is 0 Å². The summed E-state index contributed by atoms with van der Waals surface area (Å²) in [5.74, 6) is -0.297. The van der Waals surface area contributed by atoms with Gasteiger partial charge in [-0.15, -0.1) is 0 Å². The molecule has 1 atom stereocenters. The van der Waals surface area contributed by atoms with Gasteiger partial charge >= 0.3 is 6.18 Å². The molecule has 2 nitrogen and oxygen atoms in total. The van der Waals surface area contributed by atoms with E-state index in [1.807, 2.05) is 0 Å². The van der Waals surface area contributed by atoms with Crippen LogP contribution in [0.4, 0.5) is 13.2 Å². The van der Waals surface area contributed by atoms with Gasteiger partial charge in [-0.3, -0.25) is 0 Å². The van der Waals surface area contributed by atoms with Gasteiger partial charge in [-0.1, -0.05) is 0 Å². The zero-order chi connectivity index (χ0) is 9.35. The van der Waals surface area contributed by atoms with Gasteiger partial charge in [-0.2, -0.15) is 13.2 Å². The molecule has 0 saturated heterocycles. The highest BCUT2D eigenvalue weighted by molar-refractivity contribution is 9.10. The predicted molar refractivity (Wildman–Crippen MR) is 39.4 cm³/mol. The lowest BCUT2D eigenvalue weighted by Crippen LogP contribution is -2.27. The van der Waals surface area contributed by atoms with Gasteiger partial charge in [0, 0.05) is 0 Å². The maximum atomic E-state index is 11.9. The Morgan fingerprint density at radius 2 is 2.00 bits per heavy atom. The van der Waals surface area contributed by atoms with Crippen molar-refractivity contribution in [3.05, 3.63) is 22.6 Å². The van der Waals surface area contributed by atoms with Crippen molar-refractivity contribution in [1.82, 2.24) is 0 Å². The topological polar surface area (TPSA) is 39.2 Å². The van der Waals surface area contributed by atoms with Crippen LogP contribution in [0.5, 0.6) is 0 Å². The number of halogens is 4. The van der Waals surface area contributed by atoms with Crippen molar-refractivity contribution < 1.29 is 17.6 Å². The summed E-state index contributed by atoms with van der Waals surface area (Å²) in [6.45, 7) is 0. The van der Waals surface area contributed by atoms with Crippen molar-refractivity contribution in [1.29, 1.82) is 0 Å². The molecule has 0 bridgehead atoms. The van der Waals surface area contributed by atoms with Crippen LogP contribution in [-0.4, -0.2) is 6.18 Å². The van der Waals surface area contributed by atoms with Gasteiger partial charge in [0.15, 0.2) is 10.7 Å². The molecule has 1 aromatic rings. The molecule has 6 heteroatoms.